The van der Waals surface area contributed by atoms with E-state index in [1.54, 1.807) is 27.1 Å². The topological polar surface area (TPSA) is 48.9 Å². The number of nitrogens with zero attached hydrogens (tertiary/aromatic N) is 2. The van der Waals surface area contributed by atoms with Crippen LogP contribution < -0.4 is 10.6 Å². The minimum atomic E-state index is -0.176. The molecule has 0 fully saturated rings. The molecule has 0 bridgehead atoms. The molecule has 0 heterocycles. The summed E-state index contributed by atoms with van der Waals surface area (Å²) in [5.41, 5.74) is 1.68. The summed E-state index contributed by atoms with van der Waals surface area (Å²) in [4.78, 5) is 6.37. The van der Waals surface area contributed by atoms with Crippen LogP contribution in [-0.2, 0) is 11.3 Å². The number of methoxy groups -OCH3 is 1. The summed E-state index contributed by atoms with van der Waals surface area (Å²) in [5, 5.41) is 6.48. The first-order chi connectivity index (χ1) is 10.6. The van der Waals surface area contributed by atoms with Crippen molar-refractivity contribution >= 4 is 5.96 Å². The van der Waals surface area contributed by atoms with Gasteiger partial charge in [0.2, 0.25) is 0 Å². The van der Waals surface area contributed by atoms with Crippen molar-refractivity contribution in [2.45, 2.75) is 13.5 Å². The highest BCUT2D eigenvalue weighted by molar-refractivity contribution is 5.79. The van der Waals surface area contributed by atoms with Crippen molar-refractivity contribution in [2.75, 3.05) is 47.4 Å². The van der Waals surface area contributed by atoms with Crippen molar-refractivity contribution in [3.8, 4) is 0 Å². The van der Waals surface area contributed by atoms with Crippen LogP contribution in [0.3, 0.4) is 0 Å². The molecule has 0 aliphatic rings. The van der Waals surface area contributed by atoms with Crippen LogP contribution in [0.2, 0.25) is 0 Å². The first-order valence-corrected chi connectivity index (χ1v) is 7.44. The second-order valence-corrected chi connectivity index (χ2v) is 5.23. The van der Waals surface area contributed by atoms with Crippen LogP contribution in [0, 0.1) is 12.7 Å². The maximum Gasteiger partial charge on any atom is 0.191 e. The molecule has 2 N–H and O–H groups in total. The molecule has 0 amide bonds. The number of nitrogens with one attached hydrogen (secondary N) is 2. The van der Waals surface area contributed by atoms with Gasteiger partial charge in [-0.05, 0) is 31.2 Å². The third kappa shape index (κ3) is 6.87. The summed E-state index contributed by atoms with van der Waals surface area (Å²) < 4.78 is 18.3. The quantitative estimate of drug-likeness (QED) is 0.562. The molecule has 1 rings (SSSR count). The molecular weight excluding hydrogens is 283 g/mol. The molecule has 0 saturated carbocycles. The van der Waals surface area contributed by atoms with Crippen molar-refractivity contribution in [1.29, 1.82) is 0 Å². The Labute approximate surface area is 132 Å². The number of hydrogen-bond donors (Lipinski definition) is 2. The Balaban J connectivity index is 2.32. The number of aliphatic imine (C=N–C) groups is 1. The van der Waals surface area contributed by atoms with Gasteiger partial charge in [-0.15, -0.1) is 0 Å². The van der Waals surface area contributed by atoms with Crippen LogP contribution >= 0.6 is 0 Å². The highest BCUT2D eigenvalue weighted by Gasteiger charge is 2.02. The molecule has 0 unspecified atom stereocenters. The average Bonchev–Trinajstić information content (AvgIpc) is 2.51. The molecule has 0 radical (unpaired) electrons. The Morgan fingerprint density at radius 1 is 1.32 bits per heavy atom. The van der Waals surface area contributed by atoms with Gasteiger partial charge in [0.1, 0.15) is 5.82 Å². The number of benzene rings is 1. The Bertz CT molecular complexity index is 479. The summed E-state index contributed by atoms with van der Waals surface area (Å²) >= 11 is 0. The van der Waals surface area contributed by atoms with Crippen molar-refractivity contribution in [3.05, 3.63) is 35.1 Å². The van der Waals surface area contributed by atoms with Gasteiger partial charge < -0.3 is 20.3 Å². The minimum absolute atomic E-state index is 0.176. The molecule has 0 aliphatic heterocycles. The van der Waals surface area contributed by atoms with Gasteiger partial charge in [0.25, 0.3) is 0 Å². The van der Waals surface area contributed by atoms with Gasteiger partial charge in [-0.2, -0.15) is 0 Å². The second kappa shape index (κ2) is 10.1. The third-order valence-electron chi connectivity index (χ3n) is 3.37. The first kappa shape index (κ1) is 18.4. The van der Waals surface area contributed by atoms with E-state index in [1.165, 1.54) is 6.07 Å². The van der Waals surface area contributed by atoms with Gasteiger partial charge in [-0.1, -0.05) is 12.1 Å². The second-order valence-electron chi connectivity index (χ2n) is 5.23. The van der Waals surface area contributed by atoms with Gasteiger partial charge in [0.05, 0.1) is 6.61 Å². The van der Waals surface area contributed by atoms with Crippen LogP contribution in [0.15, 0.2) is 23.2 Å². The van der Waals surface area contributed by atoms with E-state index in [9.17, 15) is 4.39 Å². The SMILES string of the molecule is CN=C(NCCN(C)CCOC)NCc1ccc(F)c(C)c1. The molecule has 0 aromatic heterocycles. The van der Waals surface area contributed by atoms with Crippen molar-refractivity contribution in [1.82, 2.24) is 15.5 Å². The number of aryl methyl sites for hydroxylation is 1. The lowest BCUT2D eigenvalue weighted by atomic mass is 10.1. The maximum atomic E-state index is 13.2. The highest BCUT2D eigenvalue weighted by Crippen LogP contribution is 2.08. The smallest absolute Gasteiger partial charge is 0.191 e. The summed E-state index contributed by atoms with van der Waals surface area (Å²) in [6.07, 6.45) is 0. The number of likely N-dealkylation sites (N-methyl/N-ethyl adjacent to an activating group) is 1. The van der Waals surface area contributed by atoms with E-state index in [0.29, 0.717) is 12.1 Å². The summed E-state index contributed by atoms with van der Waals surface area (Å²) in [5.74, 6) is 0.562. The van der Waals surface area contributed by atoms with Crippen LogP contribution in [0.4, 0.5) is 4.39 Å². The summed E-state index contributed by atoms with van der Waals surface area (Å²) in [6, 6.07) is 5.11. The van der Waals surface area contributed by atoms with Gasteiger partial charge in [0, 0.05) is 40.3 Å². The molecule has 1 aromatic rings. The van der Waals surface area contributed by atoms with Crippen LogP contribution in [0.25, 0.3) is 0 Å². The lowest BCUT2D eigenvalue weighted by Gasteiger charge is -2.18. The average molecular weight is 310 g/mol. The van der Waals surface area contributed by atoms with E-state index in [0.717, 1.165) is 37.8 Å². The predicted octanol–water partition coefficient (Wildman–Crippen LogP) is 1.38. The number of guanidine groups is 1. The summed E-state index contributed by atoms with van der Waals surface area (Å²) in [6.45, 7) is 5.70. The third-order valence-corrected chi connectivity index (χ3v) is 3.37. The fraction of sp³-hybridized carbons (Fsp3) is 0.562. The standard InChI is InChI=1S/C16H27FN4O/c1-13-11-14(5-6-15(13)17)12-20-16(18-2)19-7-8-21(3)9-10-22-4/h5-6,11H,7-10,12H2,1-4H3,(H2,18,19,20). The Hall–Kier alpha value is -1.66. The van der Waals surface area contributed by atoms with Crippen LogP contribution in [0.5, 0.6) is 0 Å². The van der Waals surface area contributed by atoms with Crippen molar-refractivity contribution < 1.29 is 9.13 Å². The first-order valence-electron chi connectivity index (χ1n) is 7.44. The van der Waals surface area contributed by atoms with Crippen LogP contribution in [-0.4, -0.2) is 58.3 Å². The van der Waals surface area contributed by atoms with Gasteiger partial charge in [0.15, 0.2) is 5.96 Å². The van der Waals surface area contributed by atoms with Gasteiger partial charge in [-0.25, -0.2) is 4.39 Å². The molecular formula is C16H27FN4O. The zero-order valence-corrected chi connectivity index (χ0v) is 13.9. The minimum Gasteiger partial charge on any atom is -0.383 e. The normalized spacial score (nSPS) is 11.8. The number of rotatable bonds is 8. The molecule has 0 atom stereocenters. The molecule has 6 heteroatoms. The van der Waals surface area contributed by atoms with Gasteiger partial charge in [-0.3, -0.25) is 4.99 Å². The predicted molar refractivity (Wildman–Crippen MR) is 88.7 cm³/mol. The number of halogens is 1. The molecule has 0 saturated heterocycles. The molecule has 1 aromatic carbocycles. The van der Waals surface area contributed by atoms with Crippen molar-refractivity contribution in [3.63, 3.8) is 0 Å². The zero-order valence-electron chi connectivity index (χ0n) is 13.9. The fourth-order valence-electron chi connectivity index (χ4n) is 1.95. The summed E-state index contributed by atoms with van der Waals surface area (Å²) in [7, 11) is 5.49. The van der Waals surface area contributed by atoms with Crippen molar-refractivity contribution in [2.24, 2.45) is 4.99 Å². The molecule has 5 nitrogen and oxygen atoms in total. The van der Waals surface area contributed by atoms with E-state index < -0.39 is 0 Å². The lowest BCUT2D eigenvalue weighted by molar-refractivity contribution is 0.162. The monoisotopic (exact) mass is 310 g/mol. The van der Waals surface area contributed by atoms with E-state index >= 15 is 0 Å². The van der Waals surface area contributed by atoms with E-state index in [1.807, 2.05) is 6.07 Å². The van der Waals surface area contributed by atoms with Crippen LogP contribution in [0.1, 0.15) is 11.1 Å². The highest BCUT2D eigenvalue weighted by atomic mass is 19.1. The Morgan fingerprint density at radius 2 is 2.09 bits per heavy atom. The van der Waals surface area contributed by atoms with E-state index in [4.69, 9.17) is 4.74 Å². The number of ether oxygens (including phenoxy) is 1. The Morgan fingerprint density at radius 3 is 2.73 bits per heavy atom. The van der Waals surface area contributed by atoms with Gasteiger partial charge >= 0.3 is 0 Å². The largest absolute Gasteiger partial charge is 0.383 e. The maximum absolute atomic E-state index is 13.2. The molecule has 0 spiro atoms. The molecule has 124 valence electrons. The number of hydrogen-bond acceptors (Lipinski definition) is 3. The molecule has 22 heavy (non-hydrogen) atoms. The Kier molecular flexibility index (Phi) is 8.47. The zero-order chi connectivity index (χ0) is 16.4. The van der Waals surface area contributed by atoms with E-state index in [-0.39, 0.29) is 5.82 Å². The molecule has 0 aliphatic carbocycles. The van der Waals surface area contributed by atoms with E-state index in [2.05, 4.69) is 27.6 Å². The lowest BCUT2D eigenvalue weighted by Crippen LogP contribution is -2.41. The fourth-order valence-corrected chi connectivity index (χ4v) is 1.95.